The summed E-state index contributed by atoms with van der Waals surface area (Å²) in [5.41, 5.74) is 12.1. The molecule has 0 saturated heterocycles. The normalized spacial score (nSPS) is 13.2. The van der Waals surface area contributed by atoms with Crippen LogP contribution < -0.4 is 4.74 Å². The van der Waals surface area contributed by atoms with Gasteiger partial charge in [-0.25, -0.2) is 15.0 Å². The van der Waals surface area contributed by atoms with Crippen molar-refractivity contribution in [3.05, 3.63) is 210 Å². The molecule has 0 bridgehead atoms. The van der Waals surface area contributed by atoms with Crippen LogP contribution in [0.15, 0.2) is 188 Å². The van der Waals surface area contributed by atoms with Crippen LogP contribution in [0, 0.1) is 0 Å². The van der Waals surface area contributed by atoms with Crippen molar-refractivity contribution in [2.45, 2.75) is 5.41 Å². The zero-order valence-corrected chi connectivity index (χ0v) is 31.4. The number of fused-ring (bicyclic) bond motifs is 12. The average Bonchev–Trinajstić information content (AvgIpc) is 3.79. The lowest BCUT2D eigenvalue weighted by atomic mass is 9.66. The molecule has 1 aliphatic heterocycles. The number of ether oxygens (including phenoxy) is 1. The van der Waals surface area contributed by atoms with Crippen molar-refractivity contribution in [3.63, 3.8) is 0 Å². The molecule has 4 nitrogen and oxygen atoms in total. The van der Waals surface area contributed by atoms with Crippen LogP contribution in [0.2, 0.25) is 0 Å². The van der Waals surface area contributed by atoms with Gasteiger partial charge in [0.15, 0.2) is 17.5 Å². The molecule has 0 fully saturated rings. The van der Waals surface area contributed by atoms with Crippen LogP contribution in [0.3, 0.4) is 0 Å². The number of para-hydroxylation sites is 2. The molecule has 12 rings (SSSR count). The van der Waals surface area contributed by atoms with Gasteiger partial charge in [-0.2, -0.15) is 0 Å². The van der Waals surface area contributed by atoms with E-state index in [2.05, 4.69) is 127 Å². The van der Waals surface area contributed by atoms with Crippen LogP contribution in [-0.2, 0) is 5.41 Å². The minimum absolute atomic E-state index is 0.499. The third kappa shape index (κ3) is 4.76. The molecule has 0 atom stereocenters. The fourth-order valence-corrected chi connectivity index (χ4v) is 10.4. The summed E-state index contributed by atoms with van der Waals surface area (Å²) < 4.78 is 9.11. The van der Waals surface area contributed by atoms with Crippen LogP contribution >= 0.6 is 11.3 Å². The Balaban J connectivity index is 1.05. The maximum atomic E-state index is 6.58. The highest BCUT2D eigenvalue weighted by molar-refractivity contribution is 7.26. The largest absolute Gasteiger partial charge is 0.457 e. The van der Waals surface area contributed by atoms with E-state index in [0.29, 0.717) is 17.5 Å². The van der Waals surface area contributed by atoms with E-state index in [1.165, 1.54) is 59.1 Å². The van der Waals surface area contributed by atoms with Crippen molar-refractivity contribution < 1.29 is 4.74 Å². The number of thiophene rings is 1. The maximum absolute atomic E-state index is 6.58. The van der Waals surface area contributed by atoms with Crippen molar-refractivity contribution >= 4 is 31.5 Å². The van der Waals surface area contributed by atoms with E-state index in [1.54, 1.807) is 0 Å². The molecule has 2 aliphatic rings. The Labute approximate surface area is 333 Å². The predicted octanol–water partition coefficient (Wildman–Crippen LogP) is 13.4. The smallest absolute Gasteiger partial charge is 0.164 e. The second-order valence-electron chi connectivity index (χ2n) is 14.7. The minimum atomic E-state index is -0.499. The molecule has 266 valence electrons. The van der Waals surface area contributed by atoms with E-state index in [4.69, 9.17) is 19.7 Å². The molecular weight excluding hydrogens is 715 g/mol. The third-order valence-electron chi connectivity index (χ3n) is 11.6. The lowest BCUT2D eigenvalue weighted by molar-refractivity contribution is 0.436. The van der Waals surface area contributed by atoms with Crippen LogP contribution in [0.25, 0.3) is 76.6 Å². The average molecular weight is 746 g/mol. The van der Waals surface area contributed by atoms with Crippen molar-refractivity contribution in [3.8, 4) is 67.9 Å². The molecule has 1 spiro atoms. The SMILES string of the molecule is c1ccc(-c2nc(-c3ccccc3)nc(-c3cccc(-c4cccc5c4sc4cc6c(cc45)-c4ccccc4C64c5ccccc5Oc5ccccc54)c3)n2)cc1. The summed E-state index contributed by atoms with van der Waals surface area (Å²) in [6, 6.07) is 66.5. The van der Waals surface area contributed by atoms with Crippen molar-refractivity contribution in [2.24, 2.45) is 0 Å². The van der Waals surface area contributed by atoms with E-state index < -0.39 is 5.41 Å². The molecule has 0 radical (unpaired) electrons. The Morgan fingerprint density at radius 2 is 0.895 bits per heavy atom. The van der Waals surface area contributed by atoms with Crippen LogP contribution in [0.1, 0.15) is 22.3 Å². The molecule has 8 aromatic carbocycles. The van der Waals surface area contributed by atoms with Crippen LogP contribution in [-0.4, -0.2) is 15.0 Å². The van der Waals surface area contributed by atoms with Gasteiger partial charge in [-0.05, 0) is 63.7 Å². The number of aromatic nitrogens is 3. The number of benzene rings is 8. The number of hydrogen-bond donors (Lipinski definition) is 0. The summed E-state index contributed by atoms with van der Waals surface area (Å²) >= 11 is 1.87. The lowest BCUT2D eigenvalue weighted by Crippen LogP contribution is -2.32. The van der Waals surface area contributed by atoms with Gasteiger partial charge in [0, 0.05) is 48.0 Å². The summed E-state index contributed by atoms with van der Waals surface area (Å²) in [5.74, 6) is 3.76. The van der Waals surface area contributed by atoms with Gasteiger partial charge in [0.05, 0.1) is 5.41 Å². The number of nitrogens with zero attached hydrogens (tertiary/aromatic N) is 3. The predicted molar refractivity (Wildman–Crippen MR) is 232 cm³/mol. The van der Waals surface area contributed by atoms with E-state index in [0.717, 1.165) is 33.8 Å². The first kappa shape index (κ1) is 32.1. The first-order valence-corrected chi connectivity index (χ1v) is 20.0. The van der Waals surface area contributed by atoms with Crippen molar-refractivity contribution in [1.29, 1.82) is 0 Å². The van der Waals surface area contributed by atoms with Gasteiger partial charge >= 0.3 is 0 Å². The van der Waals surface area contributed by atoms with E-state index >= 15 is 0 Å². The van der Waals surface area contributed by atoms with Crippen LogP contribution in [0.4, 0.5) is 0 Å². The van der Waals surface area contributed by atoms with E-state index in [1.807, 2.05) is 72.0 Å². The molecule has 0 saturated carbocycles. The number of rotatable bonds is 4. The fraction of sp³-hybridized carbons (Fsp3) is 0.0192. The second-order valence-corrected chi connectivity index (χ2v) is 15.7. The highest BCUT2D eigenvalue weighted by Gasteiger charge is 2.51. The van der Waals surface area contributed by atoms with E-state index in [-0.39, 0.29) is 0 Å². The Morgan fingerprint density at radius 3 is 1.58 bits per heavy atom. The van der Waals surface area contributed by atoms with Gasteiger partial charge < -0.3 is 4.74 Å². The second kappa shape index (κ2) is 12.4. The molecular formula is C52H31N3OS. The van der Waals surface area contributed by atoms with Gasteiger partial charge in [0.1, 0.15) is 11.5 Å². The highest BCUT2D eigenvalue weighted by Crippen LogP contribution is 2.63. The zero-order valence-electron chi connectivity index (χ0n) is 30.6. The Morgan fingerprint density at radius 1 is 0.368 bits per heavy atom. The fourth-order valence-electron chi connectivity index (χ4n) is 9.13. The molecule has 0 N–H and O–H groups in total. The van der Waals surface area contributed by atoms with Crippen molar-refractivity contribution in [2.75, 3.05) is 0 Å². The summed E-state index contributed by atoms with van der Waals surface area (Å²) in [4.78, 5) is 15.0. The molecule has 57 heavy (non-hydrogen) atoms. The highest BCUT2D eigenvalue weighted by atomic mass is 32.1. The van der Waals surface area contributed by atoms with Gasteiger partial charge in [-0.15, -0.1) is 11.3 Å². The zero-order chi connectivity index (χ0) is 37.5. The van der Waals surface area contributed by atoms with Crippen molar-refractivity contribution in [1.82, 2.24) is 15.0 Å². The summed E-state index contributed by atoms with van der Waals surface area (Å²) in [5, 5.41) is 2.52. The standard InChI is InChI=1S/C52H31N3OS/c1-3-15-32(16-4-1)49-53-50(33-17-5-2-6-18-33)55-51(54-49)35-20-13-19-34(29-35)36-22-14-23-38-40-30-39-37-21-7-8-24-41(37)52(44(39)31-47(40)57-48(36)38)42-25-9-11-27-45(42)56-46-28-12-10-26-43(46)52/h1-31H. The lowest BCUT2D eigenvalue weighted by Gasteiger charge is -2.39. The molecule has 5 heteroatoms. The van der Waals surface area contributed by atoms with Crippen LogP contribution in [0.5, 0.6) is 11.5 Å². The molecule has 3 heterocycles. The Kier molecular flexibility index (Phi) is 6.98. The van der Waals surface area contributed by atoms with Gasteiger partial charge in [-0.1, -0.05) is 158 Å². The molecule has 0 amide bonds. The Hall–Kier alpha value is -7.21. The molecule has 2 aromatic heterocycles. The molecule has 0 unspecified atom stereocenters. The van der Waals surface area contributed by atoms with Gasteiger partial charge in [0.2, 0.25) is 0 Å². The van der Waals surface area contributed by atoms with E-state index in [9.17, 15) is 0 Å². The summed E-state index contributed by atoms with van der Waals surface area (Å²) in [6.45, 7) is 0. The first-order valence-electron chi connectivity index (χ1n) is 19.2. The van der Waals surface area contributed by atoms with Gasteiger partial charge in [-0.3, -0.25) is 0 Å². The topological polar surface area (TPSA) is 47.9 Å². The Bertz CT molecular complexity index is 3120. The monoisotopic (exact) mass is 745 g/mol. The van der Waals surface area contributed by atoms with Gasteiger partial charge in [0.25, 0.3) is 0 Å². The quantitative estimate of drug-likeness (QED) is 0.180. The molecule has 10 aromatic rings. The minimum Gasteiger partial charge on any atom is -0.457 e. The third-order valence-corrected chi connectivity index (χ3v) is 12.8. The maximum Gasteiger partial charge on any atom is 0.164 e. The number of hydrogen-bond acceptors (Lipinski definition) is 5. The first-order chi connectivity index (χ1) is 28.2. The molecule has 1 aliphatic carbocycles. The summed E-state index contributed by atoms with van der Waals surface area (Å²) in [7, 11) is 0. The summed E-state index contributed by atoms with van der Waals surface area (Å²) in [6.07, 6.45) is 0.